The van der Waals surface area contributed by atoms with Gasteiger partial charge in [0, 0.05) is 24.3 Å². The maximum absolute atomic E-state index is 12.8. The third-order valence-electron chi connectivity index (χ3n) is 5.84. The lowest BCUT2D eigenvalue weighted by molar-refractivity contribution is 0.102. The van der Waals surface area contributed by atoms with E-state index in [1.165, 1.54) is 12.0 Å². The van der Waals surface area contributed by atoms with Crippen molar-refractivity contribution in [2.24, 2.45) is 11.8 Å². The maximum Gasteiger partial charge on any atom is 0.255 e. The Morgan fingerprint density at radius 1 is 1.07 bits per heavy atom. The summed E-state index contributed by atoms with van der Waals surface area (Å²) in [5.41, 5.74) is 11.8. The first kappa shape index (κ1) is 21.2. The molecule has 0 spiro atoms. The van der Waals surface area contributed by atoms with E-state index < -0.39 is 0 Å². The fraction of sp³-hybridized carbons (Fsp3) is 0.480. The third-order valence-corrected chi connectivity index (χ3v) is 5.84. The molecule has 1 amide bonds. The van der Waals surface area contributed by atoms with Crippen molar-refractivity contribution in [1.82, 2.24) is 0 Å². The first-order valence-corrected chi connectivity index (χ1v) is 10.6. The van der Waals surface area contributed by atoms with Gasteiger partial charge in [0.05, 0.1) is 11.4 Å². The van der Waals surface area contributed by atoms with Crippen LogP contribution in [0.3, 0.4) is 0 Å². The molecule has 1 saturated heterocycles. The predicted molar refractivity (Wildman–Crippen MR) is 124 cm³/mol. The van der Waals surface area contributed by atoms with E-state index in [0.29, 0.717) is 28.8 Å². The molecule has 2 aromatic rings. The molecule has 3 N–H and O–H groups in total. The van der Waals surface area contributed by atoms with Crippen LogP contribution in [0.15, 0.2) is 36.4 Å². The van der Waals surface area contributed by atoms with Crippen LogP contribution in [0.1, 0.15) is 62.5 Å². The Morgan fingerprint density at radius 2 is 1.66 bits per heavy atom. The minimum Gasteiger partial charge on any atom is -0.397 e. The first-order valence-electron chi connectivity index (χ1n) is 10.6. The van der Waals surface area contributed by atoms with Gasteiger partial charge in [-0.1, -0.05) is 46.8 Å². The van der Waals surface area contributed by atoms with Crippen LogP contribution in [0.2, 0.25) is 0 Å². The Labute approximate surface area is 175 Å². The normalized spacial score (nSPS) is 19.9. The molecule has 4 nitrogen and oxygen atoms in total. The van der Waals surface area contributed by atoms with E-state index in [-0.39, 0.29) is 11.3 Å². The number of nitrogens with one attached hydrogen (secondary N) is 1. The van der Waals surface area contributed by atoms with E-state index in [1.54, 1.807) is 0 Å². The molecule has 2 atom stereocenters. The number of aryl methyl sites for hydroxylation is 1. The van der Waals surface area contributed by atoms with Gasteiger partial charge in [-0.25, -0.2) is 0 Å². The van der Waals surface area contributed by atoms with Crippen LogP contribution in [0.4, 0.5) is 17.1 Å². The van der Waals surface area contributed by atoms with Crippen molar-refractivity contribution < 1.29 is 4.79 Å². The average Bonchev–Trinajstić information content (AvgIpc) is 2.62. The van der Waals surface area contributed by atoms with Crippen LogP contribution < -0.4 is 16.0 Å². The Balaban J connectivity index is 1.82. The summed E-state index contributed by atoms with van der Waals surface area (Å²) >= 11 is 0. The van der Waals surface area contributed by atoms with E-state index >= 15 is 0 Å². The Kier molecular flexibility index (Phi) is 5.92. The van der Waals surface area contributed by atoms with Gasteiger partial charge in [0.25, 0.3) is 5.91 Å². The molecule has 1 fully saturated rings. The molecule has 29 heavy (non-hydrogen) atoms. The summed E-state index contributed by atoms with van der Waals surface area (Å²) in [5.74, 6) is 1.19. The lowest BCUT2D eigenvalue weighted by Crippen LogP contribution is -2.39. The number of carbonyl (C=O) groups is 1. The highest BCUT2D eigenvalue weighted by Gasteiger charge is 2.24. The van der Waals surface area contributed by atoms with Crippen molar-refractivity contribution in [2.75, 3.05) is 29.0 Å². The molecule has 1 heterocycles. The molecule has 1 aliphatic heterocycles. The molecule has 0 bridgehead atoms. The van der Waals surface area contributed by atoms with Crippen LogP contribution in [0.25, 0.3) is 0 Å². The quantitative estimate of drug-likeness (QED) is 0.666. The summed E-state index contributed by atoms with van der Waals surface area (Å²) in [6.07, 6.45) is 1.26. The monoisotopic (exact) mass is 393 g/mol. The molecule has 0 saturated carbocycles. The summed E-state index contributed by atoms with van der Waals surface area (Å²) in [6, 6.07) is 11.8. The fourth-order valence-corrected chi connectivity index (χ4v) is 4.34. The number of carbonyl (C=O) groups excluding carboxylic acids is 1. The second-order valence-corrected chi connectivity index (χ2v) is 9.86. The second-order valence-electron chi connectivity index (χ2n) is 9.86. The summed E-state index contributed by atoms with van der Waals surface area (Å²) in [4.78, 5) is 15.3. The zero-order valence-corrected chi connectivity index (χ0v) is 18.7. The van der Waals surface area contributed by atoms with Gasteiger partial charge in [-0.3, -0.25) is 4.79 Å². The number of hydrogen-bond acceptors (Lipinski definition) is 3. The Hall–Kier alpha value is -2.49. The lowest BCUT2D eigenvalue weighted by atomic mass is 9.87. The van der Waals surface area contributed by atoms with Gasteiger partial charge < -0.3 is 16.0 Å². The fourth-order valence-electron chi connectivity index (χ4n) is 4.34. The average molecular weight is 394 g/mol. The first-order chi connectivity index (χ1) is 13.5. The molecule has 2 aromatic carbocycles. The van der Waals surface area contributed by atoms with Crippen molar-refractivity contribution in [2.45, 2.75) is 53.4 Å². The van der Waals surface area contributed by atoms with Crippen LogP contribution in [0.5, 0.6) is 0 Å². The molecule has 3 rings (SSSR count). The number of piperidine rings is 1. The maximum atomic E-state index is 12.8. The van der Waals surface area contributed by atoms with Crippen LogP contribution in [-0.2, 0) is 5.41 Å². The molecule has 156 valence electrons. The Morgan fingerprint density at radius 3 is 2.21 bits per heavy atom. The van der Waals surface area contributed by atoms with Gasteiger partial charge in [0.15, 0.2) is 0 Å². The largest absolute Gasteiger partial charge is 0.397 e. The molecule has 1 aliphatic rings. The Bertz CT molecular complexity index is 870. The highest BCUT2D eigenvalue weighted by molar-refractivity contribution is 6.06. The number of amides is 1. The van der Waals surface area contributed by atoms with Crippen molar-refractivity contribution in [3.05, 3.63) is 53.1 Å². The van der Waals surface area contributed by atoms with Crippen molar-refractivity contribution in [1.29, 1.82) is 0 Å². The number of anilines is 3. The molecule has 0 radical (unpaired) electrons. The molecular weight excluding hydrogens is 358 g/mol. The van der Waals surface area contributed by atoms with Crippen LogP contribution >= 0.6 is 0 Å². The van der Waals surface area contributed by atoms with E-state index in [4.69, 9.17) is 5.73 Å². The van der Waals surface area contributed by atoms with Gasteiger partial charge in [0.1, 0.15) is 0 Å². The summed E-state index contributed by atoms with van der Waals surface area (Å²) < 4.78 is 0. The molecule has 0 unspecified atom stereocenters. The van der Waals surface area contributed by atoms with Crippen LogP contribution in [-0.4, -0.2) is 19.0 Å². The van der Waals surface area contributed by atoms with Gasteiger partial charge in [-0.05, 0) is 66.0 Å². The number of benzene rings is 2. The number of nitrogens with zero attached hydrogens (tertiary/aromatic N) is 1. The number of hydrogen-bond donors (Lipinski definition) is 2. The van der Waals surface area contributed by atoms with E-state index in [1.807, 2.05) is 36.4 Å². The minimum atomic E-state index is -0.132. The number of rotatable bonds is 3. The summed E-state index contributed by atoms with van der Waals surface area (Å²) in [6.45, 7) is 15.3. The summed E-state index contributed by atoms with van der Waals surface area (Å²) in [5, 5.41) is 3.02. The van der Waals surface area contributed by atoms with Gasteiger partial charge in [-0.2, -0.15) is 0 Å². The molecule has 0 aliphatic carbocycles. The zero-order chi connectivity index (χ0) is 21.3. The van der Waals surface area contributed by atoms with Gasteiger partial charge >= 0.3 is 0 Å². The number of nitrogens with two attached hydrogens (primary N) is 1. The third kappa shape index (κ3) is 4.92. The van der Waals surface area contributed by atoms with Crippen LogP contribution in [0, 0.1) is 18.8 Å². The van der Waals surface area contributed by atoms with E-state index in [2.05, 4.69) is 51.8 Å². The minimum absolute atomic E-state index is 0.0635. The smallest absolute Gasteiger partial charge is 0.255 e. The SMILES string of the molecule is Cc1cc(N)c(NC(=O)c2ccc(C(C)(C)C)cc2)cc1N1C[C@H](C)C[C@@H](C)C1. The molecular formula is C25H35N3O. The lowest BCUT2D eigenvalue weighted by Gasteiger charge is -2.37. The van der Waals surface area contributed by atoms with Crippen molar-refractivity contribution >= 4 is 23.0 Å². The van der Waals surface area contributed by atoms with Crippen molar-refractivity contribution in [3.63, 3.8) is 0 Å². The number of nitrogen functional groups attached to an aromatic ring is 1. The predicted octanol–water partition coefficient (Wildman–Crippen LogP) is 5.61. The highest BCUT2D eigenvalue weighted by atomic mass is 16.1. The zero-order valence-electron chi connectivity index (χ0n) is 18.7. The molecule has 0 aromatic heterocycles. The molecule has 4 heteroatoms. The standard InChI is InChI=1S/C25H35N3O/c1-16-11-17(2)15-28(14-16)23-13-22(21(26)12-18(23)3)27-24(29)19-7-9-20(10-8-19)25(4,5)6/h7-10,12-13,16-17H,11,14-15,26H2,1-6H3,(H,27,29)/t16-,17-/m1/s1. The topological polar surface area (TPSA) is 58.4 Å². The van der Waals surface area contributed by atoms with Gasteiger partial charge in [-0.15, -0.1) is 0 Å². The van der Waals surface area contributed by atoms with Gasteiger partial charge in [0.2, 0.25) is 0 Å². The highest BCUT2D eigenvalue weighted by Crippen LogP contribution is 2.34. The van der Waals surface area contributed by atoms with E-state index in [9.17, 15) is 4.79 Å². The van der Waals surface area contributed by atoms with E-state index in [0.717, 1.165) is 24.3 Å². The second kappa shape index (κ2) is 8.10. The summed E-state index contributed by atoms with van der Waals surface area (Å²) in [7, 11) is 0. The van der Waals surface area contributed by atoms with Crippen molar-refractivity contribution in [3.8, 4) is 0 Å².